The van der Waals surface area contributed by atoms with Gasteiger partial charge in [-0.05, 0) is 29.8 Å². The van der Waals surface area contributed by atoms with Gasteiger partial charge in [-0.15, -0.1) is 11.3 Å². The molecular formula is C19H16O3S. The fourth-order valence-corrected chi connectivity index (χ4v) is 2.94. The molecule has 23 heavy (non-hydrogen) atoms. The largest absolute Gasteiger partial charge is 0.463 e. The number of hydrogen-bond acceptors (Lipinski definition) is 4. The first-order valence-corrected chi connectivity index (χ1v) is 8.24. The second-order valence-electron chi connectivity index (χ2n) is 4.82. The van der Waals surface area contributed by atoms with Crippen molar-refractivity contribution in [2.24, 2.45) is 0 Å². The van der Waals surface area contributed by atoms with Crippen LogP contribution in [0.3, 0.4) is 0 Å². The summed E-state index contributed by atoms with van der Waals surface area (Å²) >= 11 is 1.51. The van der Waals surface area contributed by atoms with Gasteiger partial charge in [0.1, 0.15) is 5.75 Å². The quantitative estimate of drug-likeness (QED) is 0.381. The lowest BCUT2D eigenvalue weighted by Crippen LogP contribution is -2.03. The Bertz CT molecular complexity index is 829. The minimum atomic E-state index is -0.406. The Morgan fingerprint density at radius 2 is 1.91 bits per heavy atom. The zero-order chi connectivity index (χ0) is 16.1. The molecule has 0 aliphatic carbocycles. The van der Waals surface area contributed by atoms with Crippen LogP contribution in [-0.2, 0) is 9.53 Å². The first kappa shape index (κ1) is 15.3. The van der Waals surface area contributed by atoms with E-state index in [0.29, 0.717) is 18.1 Å². The van der Waals surface area contributed by atoms with Crippen molar-refractivity contribution < 1.29 is 14.3 Å². The Kier molecular flexibility index (Phi) is 4.74. The van der Waals surface area contributed by atoms with Gasteiger partial charge in [0.15, 0.2) is 5.76 Å². The lowest BCUT2D eigenvalue weighted by atomic mass is 10.1. The molecular weight excluding hydrogens is 308 g/mol. The second-order valence-corrected chi connectivity index (χ2v) is 5.76. The molecule has 0 aliphatic rings. The molecule has 3 aromatic rings. The summed E-state index contributed by atoms with van der Waals surface area (Å²) in [5, 5.41) is 4.04. The molecule has 0 saturated heterocycles. The summed E-state index contributed by atoms with van der Waals surface area (Å²) in [6.07, 6.45) is 1.40. The maximum atomic E-state index is 11.8. The Labute approximate surface area is 138 Å². The predicted octanol–water partition coefficient (Wildman–Crippen LogP) is 4.88. The van der Waals surface area contributed by atoms with Crippen molar-refractivity contribution in [3.05, 3.63) is 70.9 Å². The highest BCUT2D eigenvalue weighted by Gasteiger charge is 2.11. The average molecular weight is 324 g/mol. The molecule has 1 aromatic heterocycles. The molecule has 0 atom stereocenters. The Morgan fingerprint density at radius 1 is 1.09 bits per heavy atom. The lowest BCUT2D eigenvalue weighted by Gasteiger charge is -2.11. The third-order valence-corrected chi connectivity index (χ3v) is 4.15. The molecule has 4 heteroatoms. The molecule has 0 bridgehead atoms. The average Bonchev–Trinajstić information content (AvgIpc) is 3.09. The van der Waals surface area contributed by atoms with Gasteiger partial charge in [0.05, 0.1) is 17.6 Å². The molecule has 0 aliphatic heterocycles. The van der Waals surface area contributed by atoms with E-state index in [1.165, 1.54) is 17.4 Å². The van der Waals surface area contributed by atoms with E-state index in [1.54, 1.807) is 6.92 Å². The molecule has 0 fully saturated rings. The van der Waals surface area contributed by atoms with E-state index in [4.69, 9.17) is 9.47 Å². The normalized spacial score (nSPS) is 11.4. The summed E-state index contributed by atoms with van der Waals surface area (Å²) in [7, 11) is 0. The number of esters is 1. The van der Waals surface area contributed by atoms with Crippen LogP contribution in [-0.4, -0.2) is 12.6 Å². The van der Waals surface area contributed by atoms with Crippen molar-refractivity contribution in [1.29, 1.82) is 0 Å². The predicted molar refractivity (Wildman–Crippen MR) is 93.5 cm³/mol. The van der Waals surface area contributed by atoms with Crippen molar-refractivity contribution in [3.8, 4) is 5.75 Å². The fourth-order valence-electron chi connectivity index (χ4n) is 2.26. The molecule has 3 nitrogen and oxygen atoms in total. The summed E-state index contributed by atoms with van der Waals surface area (Å²) in [6, 6.07) is 17.7. The topological polar surface area (TPSA) is 35.5 Å². The van der Waals surface area contributed by atoms with Crippen LogP contribution in [0.25, 0.3) is 16.5 Å². The van der Waals surface area contributed by atoms with Crippen molar-refractivity contribution in [2.75, 3.05) is 6.61 Å². The van der Waals surface area contributed by atoms with Gasteiger partial charge in [0, 0.05) is 5.39 Å². The molecule has 3 rings (SSSR count). The Hall–Kier alpha value is -2.59. The van der Waals surface area contributed by atoms with E-state index < -0.39 is 5.97 Å². The highest BCUT2D eigenvalue weighted by atomic mass is 32.1. The van der Waals surface area contributed by atoms with Crippen LogP contribution in [0.4, 0.5) is 0 Å². The highest BCUT2D eigenvalue weighted by molar-refractivity contribution is 7.11. The summed E-state index contributed by atoms with van der Waals surface area (Å²) in [5.41, 5.74) is 0. The van der Waals surface area contributed by atoms with Crippen LogP contribution >= 0.6 is 11.3 Å². The van der Waals surface area contributed by atoms with Crippen LogP contribution in [0, 0.1) is 0 Å². The SMILES string of the molecule is CCOC(=O)C=C(Oc1cccc2ccccc12)c1cccs1. The maximum Gasteiger partial charge on any atom is 0.334 e. The standard InChI is InChI=1S/C19H16O3S/c1-2-21-19(20)13-17(18-11-6-12-23-18)22-16-10-5-8-14-7-3-4-9-15(14)16/h3-13H,2H2,1H3. The third-order valence-electron chi connectivity index (χ3n) is 3.27. The van der Waals surface area contributed by atoms with Crippen LogP contribution in [0.1, 0.15) is 11.8 Å². The van der Waals surface area contributed by atoms with Crippen LogP contribution < -0.4 is 4.74 Å². The molecule has 0 unspecified atom stereocenters. The Morgan fingerprint density at radius 3 is 2.70 bits per heavy atom. The van der Waals surface area contributed by atoms with Gasteiger partial charge >= 0.3 is 5.97 Å². The van der Waals surface area contributed by atoms with Crippen LogP contribution in [0.15, 0.2) is 66.1 Å². The van der Waals surface area contributed by atoms with E-state index >= 15 is 0 Å². The maximum absolute atomic E-state index is 11.8. The van der Waals surface area contributed by atoms with Gasteiger partial charge in [-0.2, -0.15) is 0 Å². The summed E-state index contributed by atoms with van der Waals surface area (Å²) in [4.78, 5) is 12.7. The van der Waals surface area contributed by atoms with E-state index in [0.717, 1.165) is 15.6 Å². The van der Waals surface area contributed by atoms with Gasteiger partial charge < -0.3 is 9.47 Å². The molecule has 0 spiro atoms. The van der Waals surface area contributed by atoms with Crippen molar-refractivity contribution in [1.82, 2.24) is 0 Å². The number of fused-ring (bicyclic) bond motifs is 1. The number of ether oxygens (including phenoxy) is 2. The first-order valence-electron chi connectivity index (χ1n) is 7.36. The van der Waals surface area contributed by atoms with Gasteiger partial charge in [-0.25, -0.2) is 4.79 Å². The summed E-state index contributed by atoms with van der Waals surface area (Å²) < 4.78 is 11.1. The fraction of sp³-hybridized carbons (Fsp3) is 0.105. The van der Waals surface area contributed by atoms with Gasteiger partial charge in [0.2, 0.25) is 0 Å². The van der Waals surface area contributed by atoms with Crippen LogP contribution in [0.5, 0.6) is 5.75 Å². The lowest BCUT2D eigenvalue weighted by molar-refractivity contribution is -0.137. The summed E-state index contributed by atoms with van der Waals surface area (Å²) in [6.45, 7) is 2.11. The molecule has 0 amide bonds. The van der Waals surface area contributed by atoms with Gasteiger partial charge in [-0.3, -0.25) is 0 Å². The zero-order valence-corrected chi connectivity index (χ0v) is 13.5. The number of carbonyl (C=O) groups excluding carboxylic acids is 1. The van der Waals surface area contributed by atoms with E-state index in [9.17, 15) is 4.79 Å². The first-order chi connectivity index (χ1) is 11.3. The number of carbonyl (C=O) groups is 1. The monoisotopic (exact) mass is 324 g/mol. The van der Waals surface area contributed by atoms with E-state index in [-0.39, 0.29) is 0 Å². The number of thiophene rings is 1. The molecule has 1 heterocycles. The second kappa shape index (κ2) is 7.11. The van der Waals surface area contributed by atoms with Gasteiger partial charge in [-0.1, -0.05) is 42.5 Å². The molecule has 0 N–H and O–H groups in total. The van der Waals surface area contributed by atoms with E-state index in [2.05, 4.69) is 0 Å². The molecule has 0 radical (unpaired) electrons. The molecule has 0 saturated carbocycles. The number of rotatable bonds is 5. The van der Waals surface area contributed by atoms with Crippen molar-refractivity contribution in [2.45, 2.75) is 6.92 Å². The molecule has 2 aromatic carbocycles. The molecule has 116 valence electrons. The zero-order valence-electron chi connectivity index (χ0n) is 12.7. The van der Waals surface area contributed by atoms with Crippen LogP contribution in [0.2, 0.25) is 0 Å². The number of hydrogen-bond donors (Lipinski definition) is 0. The Balaban J connectivity index is 1.99. The van der Waals surface area contributed by atoms with Gasteiger partial charge in [0.25, 0.3) is 0 Å². The van der Waals surface area contributed by atoms with E-state index in [1.807, 2.05) is 60.0 Å². The summed E-state index contributed by atoms with van der Waals surface area (Å²) in [5.74, 6) is 0.804. The highest BCUT2D eigenvalue weighted by Crippen LogP contribution is 2.30. The van der Waals surface area contributed by atoms with Crippen molar-refractivity contribution in [3.63, 3.8) is 0 Å². The smallest absolute Gasteiger partial charge is 0.334 e. The third kappa shape index (κ3) is 3.60. The minimum Gasteiger partial charge on any atom is -0.463 e. The van der Waals surface area contributed by atoms with Crippen molar-refractivity contribution >= 4 is 33.8 Å². The minimum absolute atomic E-state index is 0.335. The number of benzene rings is 2.